The fraction of sp³-hybridized carbons (Fsp3) is 0.200. The van der Waals surface area contributed by atoms with E-state index in [1.165, 1.54) is 5.56 Å². The maximum absolute atomic E-state index is 10.9. The van der Waals surface area contributed by atoms with Crippen molar-refractivity contribution in [2.24, 2.45) is 0 Å². The minimum absolute atomic E-state index is 0.258. The fourth-order valence-corrected chi connectivity index (χ4v) is 2.49. The quantitative estimate of drug-likeness (QED) is 0.801. The normalized spacial score (nSPS) is 11.3. The van der Waals surface area contributed by atoms with Gasteiger partial charge in [0.2, 0.25) is 0 Å². The first-order chi connectivity index (χ1) is 9.54. The zero-order valence-electron chi connectivity index (χ0n) is 11.0. The summed E-state index contributed by atoms with van der Waals surface area (Å²) in [5, 5.41) is 0. The summed E-state index contributed by atoms with van der Waals surface area (Å²) >= 11 is 0. The van der Waals surface area contributed by atoms with Crippen LogP contribution in [0.15, 0.2) is 54.6 Å². The molecule has 0 bridgehead atoms. The predicted octanol–water partition coefficient (Wildman–Crippen LogP) is 3.33. The lowest BCUT2D eigenvalue weighted by molar-refractivity contribution is 0.282. The zero-order chi connectivity index (χ0) is 14.4. The van der Waals surface area contributed by atoms with Gasteiger partial charge in [0, 0.05) is 0 Å². The summed E-state index contributed by atoms with van der Waals surface area (Å²) in [6, 6.07) is 17.1. The topological polar surface area (TPSA) is 66.8 Å². The maximum atomic E-state index is 10.9. The Morgan fingerprint density at radius 2 is 1.55 bits per heavy atom. The standard InChI is InChI=1S/C15H17O4P/c16-20(17,18)19-15-12-5-4-10-14(15)11-6-9-13-7-2-1-3-8-13/h1-5,7-8,10,12H,6,9,11H2,(H2,16,17,18). The third-order valence-corrected chi connectivity index (χ3v) is 3.38. The minimum Gasteiger partial charge on any atom is -0.404 e. The summed E-state index contributed by atoms with van der Waals surface area (Å²) < 4.78 is 15.6. The molecular formula is C15H17O4P. The minimum atomic E-state index is -4.50. The first kappa shape index (κ1) is 14.8. The molecule has 20 heavy (non-hydrogen) atoms. The highest BCUT2D eigenvalue weighted by molar-refractivity contribution is 7.46. The number of para-hydroxylation sites is 1. The Morgan fingerprint density at radius 3 is 2.25 bits per heavy atom. The van der Waals surface area contributed by atoms with E-state index in [2.05, 4.69) is 12.1 Å². The molecule has 0 aromatic heterocycles. The van der Waals surface area contributed by atoms with E-state index in [0.717, 1.165) is 18.4 Å². The highest BCUT2D eigenvalue weighted by atomic mass is 31.2. The Morgan fingerprint density at radius 1 is 0.900 bits per heavy atom. The molecule has 0 radical (unpaired) electrons. The molecule has 5 heteroatoms. The molecule has 0 amide bonds. The molecule has 0 aliphatic carbocycles. The summed E-state index contributed by atoms with van der Waals surface area (Å²) in [4.78, 5) is 17.8. The second-order valence-electron chi connectivity index (χ2n) is 4.53. The second kappa shape index (κ2) is 6.71. The van der Waals surface area contributed by atoms with Crippen molar-refractivity contribution in [2.45, 2.75) is 19.3 Å². The molecular weight excluding hydrogens is 275 g/mol. The molecule has 4 nitrogen and oxygen atoms in total. The average Bonchev–Trinajstić information content (AvgIpc) is 2.40. The number of benzene rings is 2. The van der Waals surface area contributed by atoms with Crippen LogP contribution in [0, 0.1) is 0 Å². The molecule has 0 spiro atoms. The van der Waals surface area contributed by atoms with E-state index >= 15 is 0 Å². The summed E-state index contributed by atoms with van der Waals surface area (Å²) in [6.45, 7) is 0. The lowest BCUT2D eigenvalue weighted by Crippen LogP contribution is -1.96. The first-order valence-corrected chi connectivity index (χ1v) is 7.94. The van der Waals surface area contributed by atoms with Gasteiger partial charge in [-0.15, -0.1) is 0 Å². The Bertz CT molecular complexity index is 592. The number of hydrogen-bond donors (Lipinski definition) is 2. The van der Waals surface area contributed by atoms with E-state index in [1.54, 1.807) is 12.1 Å². The van der Waals surface area contributed by atoms with Gasteiger partial charge in [-0.2, -0.15) is 0 Å². The van der Waals surface area contributed by atoms with Gasteiger partial charge in [-0.3, -0.25) is 9.79 Å². The van der Waals surface area contributed by atoms with E-state index < -0.39 is 7.82 Å². The van der Waals surface area contributed by atoms with Crippen LogP contribution in [-0.4, -0.2) is 9.79 Å². The third-order valence-electron chi connectivity index (χ3n) is 2.94. The lowest BCUT2D eigenvalue weighted by Gasteiger charge is -2.11. The van der Waals surface area contributed by atoms with E-state index in [4.69, 9.17) is 14.3 Å². The molecule has 2 aromatic carbocycles. The van der Waals surface area contributed by atoms with Crippen molar-refractivity contribution in [1.29, 1.82) is 0 Å². The van der Waals surface area contributed by atoms with Gasteiger partial charge in [0.25, 0.3) is 0 Å². The van der Waals surface area contributed by atoms with E-state index in [-0.39, 0.29) is 5.75 Å². The molecule has 0 atom stereocenters. The van der Waals surface area contributed by atoms with Gasteiger partial charge in [-0.05, 0) is 36.5 Å². The van der Waals surface area contributed by atoms with Gasteiger partial charge in [0.15, 0.2) is 0 Å². The van der Waals surface area contributed by atoms with Crippen molar-refractivity contribution in [3.63, 3.8) is 0 Å². The first-order valence-electron chi connectivity index (χ1n) is 6.41. The SMILES string of the molecule is O=P(O)(O)Oc1ccccc1CCCc1ccccc1. The van der Waals surface area contributed by atoms with Gasteiger partial charge >= 0.3 is 7.82 Å². The number of hydrogen-bond acceptors (Lipinski definition) is 2. The lowest BCUT2D eigenvalue weighted by atomic mass is 10.0. The Kier molecular flexibility index (Phi) is 4.96. The Balaban J connectivity index is 1.97. The molecule has 0 aliphatic heterocycles. The van der Waals surface area contributed by atoms with Crippen molar-refractivity contribution in [1.82, 2.24) is 0 Å². The Hall–Kier alpha value is -1.61. The molecule has 106 valence electrons. The predicted molar refractivity (Wildman–Crippen MR) is 77.6 cm³/mol. The van der Waals surface area contributed by atoms with E-state index in [9.17, 15) is 4.57 Å². The maximum Gasteiger partial charge on any atom is 0.524 e. The van der Waals surface area contributed by atoms with Crippen LogP contribution in [0.25, 0.3) is 0 Å². The Labute approximate surface area is 118 Å². The number of rotatable bonds is 6. The number of phosphoric ester groups is 1. The zero-order valence-corrected chi connectivity index (χ0v) is 11.9. The van der Waals surface area contributed by atoms with Crippen molar-refractivity contribution < 1.29 is 18.9 Å². The third kappa shape index (κ3) is 4.82. The van der Waals surface area contributed by atoms with Gasteiger partial charge < -0.3 is 4.52 Å². The van der Waals surface area contributed by atoms with Crippen LogP contribution < -0.4 is 4.52 Å². The summed E-state index contributed by atoms with van der Waals surface area (Å²) in [5.74, 6) is 0.258. The largest absolute Gasteiger partial charge is 0.524 e. The molecule has 2 aromatic rings. The summed E-state index contributed by atoms with van der Waals surface area (Å²) in [7, 11) is -4.50. The highest BCUT2D eigenvalue weighted by Gasteiger charge is 2.17. The van der Waals surface area contributed by atoms with Crippen molar-refractivity contribution in [3.05, 3.63) is 65.7 Å². The van der Waals surface area contributed by atoms with E-state index in [1.807, 2.05) is 30.3 Å². The summed E-state index contributed by atoms with van der Waals surface area (Å²) in [6.07, 6.45) is 2.53. The van der Waals surface area contributed by atoms with Gasteiger partial charge in [0.1, 0.15) is 5.75 Å². The summed E-state index contributed by atoms with van der Waals surface area (Å²) in [5.41, 5.74) is 2.06. The highest BCUT2D eigenvalue weighted by Crippen LogP contribution is 2.39. The van der Waals surface area contributed by atoms with E-state index in [0.29, 0.717) is 6.42 Å². The van der Waals surface area contributed by atoms with Crippen LogP contribution in [0.1, 0.15) is 17.5 Å². The average molecular weight is 292 g/mol. The monoisotopic (exact) mass is 292 g/mol. The number of aryl methyl sites for hydroxylation is 2. The fourth-order valence-electron chi connectivity index (χ4n) is 2.06. The van der Waals surface area contributed by atoms with Crippen LogP contribution in [0.5, 0.6) is 5.75 Å². The smallest absolute Gasteiger partial charge is 0.404 e. The van der Waals surface area contributed by atoms with Crippen molar-refractivity contribution in [3.8, 4) is 5.75 Å². The molecule has 0 saturated heterocycles. The van der Waals surface area contributed by atoms with Crippen LogP contribution in [-0.2, 0) is 17.4 Å². The number of phosphoric acid groups is 1. The van der Waals surface area contributed by atoms with Crippen molar-refractivity contribution >= 4 is 7.82 Å². The molecule has 2 N–H and O–H groups in total. The van der Waals surface area contributed by atoms with Crippen LogP contribution in [0.3, 0.4) is 0 Å². The molecule has 2 rings (SSSR count). The van der Waals surface area contributed by atoms with Crippen LogP contribution in [0.2, 0.25) is 0 Å². The second-order valence-corrected chi connectivity index (χ2v) is 5.69. The van der Waals surface area contributed by atoms with Crippen molar-refractivity contribution in [2.75, 3.05) is 0 Å². The molecule has 0 saturated carbocycles. The van der Waals surface area contributed by atoms with Crippen LogP contribution >= 0.6 is 7.82 Å². The molecule has 0 heterocycles. The molecule has 0 unspecified atom stereocenters. The van der Waals surface area contributed by atoms with Gasteiger partial charge in [-0.25, -0.2) is 4.57 Å². The molecule has 0 aliphatic rings. The van der Waals surface area contributed by atoms with Gasteiger partial charge in [0.05, 0.1) is 0 Å². The van der Waals surface area contributed by atoms with Gasteiger partial charge in [-0.1, -0.05) is 48.5 Å². The molecule has 0 fully saturated rings. The van der Waals surface area contributed by atoms with Crippen LogP contribution in [0.4, 0.5) is 0 Å².